The maximum atomic E-state index is 11.6. The number of rotatable bonds is 7. The van der Waals surface area contributed by atoms with Gasteiger partial charge in [0, 0.05) is 31.6 Å². The van der Waals surface area contributed by atoms with Crippen LogP contribution in [0.3, 0.4) is 0 Å². The first-order chi connectivity index (χ1) is 9.84. The topological polar surface area (TPSA) is 64.1 Å². The third-order valence-corrected chi connectivity index (χ3v) is 2.66. The smallest absolute Gasteiger partial charge is 0.220 e. The molecule has 0 aliphatic carbocycles. The van der Waals surface area contributed by atoms with E-state index in [1.54, 1.807) is 24.8 Å². The number of hydrogen-bond donors (Lipinski definition) is 1. The minimum Gasteiger partial charge on any atom is -0.492 e. The van der Waals surface area contributed by atoms with Gasteiger partial charge < -0.3 is 10.1 Å². The van der Waals surface area contributed by atoms with Crippen molar-refractivity contribution in [3.63, 3.8) is 0 Å². The summed E-state index contributed by atoms with van der Waals surface area (Å²) in [6.45, 7) is 1.02. The molecular formula is C15H17N3O2. The summed E-state index contributed by atoms with van der Waals surface area (Å²) in [5.74, 6) is 0.743. The molecule has 0 aliphatic rings. The van der Waals surface area contributed by atoms with Gasteiger partial charge in [-0.1, -0.05) is 6.07 Å². The Morgan fingerprint density at radius 2 is 1.95 bits per heavy atom. The second-order valence-electron chi connectivity index (χ2n) is 4.28. The number of carbonyl (C=O) groups excluding carboxylic acids is 1. The standard InChI is InChI=1S/C15H17N3O2/c19-15(18-11-13-4-1-7-16-10-13)6-3-9-20-14-5-2-8-17-12-14/h1-2,4-5,7-8,10,12H,3,6,9,11H2,(H,18,19). The van der Waals surface area contributed by atoms with E-state index in [2.05, 4.69) is 15.3 Å². The van der Waals surface area contributed by atoms with Crippen molar-refractivity contribution in [1.82, 2.24) is 15.3 Å². The Morgan fingerprint density at radius 1 is 1.15 bits per heavy atom. The maximum absolute atomic E-state index is 11.6. The maximum Gasteiger partial charge on any atom is 0.220 e. The van der Waals surface area contributed by atoms with E-state index in [-0.39, 0.29) is 5.91 Å². The van der Waals surface area contributed by atoms with Crippen LogP contribution in [0, 0.1) is 0 Å². The molecule has 2 rings (SSSR count). The van der Waals surface area contributed by atoms with Crippen LogP contribution >= 0.6 is 0 Å². The average Bonchev–Trinajstić information content (AvgIpc) is 2.52. The van der Waals surface area contributed by atoms with E-state index < -0.39 is 0 Å². The van der Waals surface area contributed by atoms with Crippen molar-refractivity contribution in [1.29, 1.82) is 0 Å². The quantitative estimate of drug-likeness (QED) is 0.782. The van der Waals surface area contributed by atoms with Crippen LogP contribution in [0.1, 0.15) is 18.4 Å². The van der Waals surface area contributed by atoms with Crippen molar-refractivity contribution in [2.45, 2.75) is 19.4 Å². The molecule has 0 radical (unpaired) electrons. The molecule has 0 unspecified atom stereocenters. The molecule has 5 nitrogen and oxygen atoms in total. The predicted molar refractivity (Wildman–Crippen MR) is 75.0 cm³/mol. The molecule has 0 saturated carbocycles. The predicted octanol–water partition coefficient (Wildman–Crippen LogP) is 1.95. The molecule has 0 fully saturated rings. The summed E-state index contributed by atoms with van der Waals surface area (Å²) in [7, 11) is 0. The van der Waals surface area contributed by atoms with Crippen LogP contribution in [0.4, 0.5) is 0 Å². The third kappa shape index (κ3) is 5.06. The van der Waals surface area contributed by atoms with E-state index in [4.69, 9.17) is 4.74 Å². The normalized spacial score (nSPS) is 10.0. The molecule has 0 saturated heterocycles. The minimum absolute atomic E-state index is 0.0173. The van der Waals surface area contributed by atoms with Gasteiger partial charge in [-0.25, -0.2) is 0 Å². The molecule has 1 amide bonds. The molecule has 0 bridgehead atoms. The zero-order chi connectivity index (χ0) is 14.0. The first-order valence-corrected chi connectivity index (χ1v) is 6.53. The molecule has 104 valence electrons. The lowest BCUT2D eigenvalue weighted by Gasteiger charge is -2.06. The number of nitrogens with one attached hydrogen (secondary N) is 1. The monoisotopic (exact) mass is 271 g/mol. The van der Waals surface area contributed by atoms with Gasteiger partial charge >= 0.3 is 0 Å². The van der Waals surface area contributed by atoms with Gasteiger partial charge in [-0.3, -0.25) is 14.8 Å². The van der Waals surface area contributed by atoms with Crippen LogP contribution in [0.25, 0.3) is 0 Å². The molecule has 2 aromatic rings. The van der Waals surface area contributed by atoms with Gasteiger partial charge in [0.05, 0.1) is 12.8 Å². The molecule has 2 aromatic heterocycles. The lowest BCUT2D eigenvalue weighted by molar-refractivity contribution is -0.121. The molecule has 0 aliphatic heterocycles. The summed E-state index contributed by atoms with van der Waals surface area (Å²) in [4.78, 5) is 19.6. The van der Waals surface area contributed by atoms with E-state index >= 15 is 0 Å². The molecule has 0 aromatic carbocycles. The Bertz CT molecular complexity index is 517. The van der Waals surface area contributed by atoms with Crippen LogP contribution < -0.4 is 10.1 Å². The zero-order valence-corrected chi connectivity index (χ0v) is 11.2. The van der Waals surface area contributed by atoms with Gasteiger partial charge in [-0.15, -0.1) is 0 Å². The minimum atomic E-state index is 0.0173. The van der Waals surface area contributed by atoms with Gasteiger partial charge in [0.2, 0.25) is 5.91 Å². The second-order valence-corrected chi connectivity index (χ2v) is 4.28. The Balaban J connectivity index is 1.59. The van der Waals surface area contributed by atoms with Crippen molar-refractivity contribution in [2.75, 3.05) is 6.61 Å². The van der Waals surface area contributed by atoms with E-state index in [0.29, 0.717) is 26.0 Å². The average molecular weight is 271 g/mol. The van der Waals surface area contributed by atoms with Crippen molar-refractivity contribution in [3.8, 4) is 5.75 Å². The highest BCUT2D eigenvalue weighted by Gasteiger charge is 2.01. The summed E-state index contributed by atoms with van der Waals surface area (Å²) in [6, 6.07) is 7.44. The van der Waals surface area contributed by atoms with Gasteiger partial charge in [0.1, 0.15) is 5.75 Å². The largest absolute Gasteiger partial charge is 0.492 e. The fourth-order valence-electron chi connectivity index (χ4n) is 1.65. The summed E-state index contributed by atoms with van der Waals surface area (Å²) < 4.78 is 5.47. The van der Waals surface area contributed by atoms with Crippen LogP contribution in [0.15, 0.2) is 49.1 Å². The summed E-state index contributed by atoms with van der Waals surface area (Å²) in [5, 5.41) is 2.85. The first-order valence-electron chi connectivity index (χ1n) is 6.53. The number of carbonyl (C=O) groups is 1. The van der Waals surface area contributed by atoms with Crippen LogP contribution in [-0.2, 0) is 11.3 Å². The van der Waals surface area contributed by atoms with E-state index in [1.165, 1.54) is 0 Å². The van der Waals surface area contributed by atoms with Crippen molar-refractivity contribution in [3.05, 3.63) is 54.6 Å². The summed E-state index contributed by atoms with van der Waals surface area (Å²) in [6.07, 6.45) is 7.92. The van der Waals surface area contributed by atoms with E-state index in [0.717, 1.165) is 11.3 Å². The molecule has 5 heteroatoms. The number of hydrogen-bond acceptors (Lipinski definition) is 4. The molecule has 2 heterocycles. The van der Waals surface area contributed by atoms with Gasteiger partial charge in [-0.05, 0) is 30.2 Å². The summed E-state index contributed by atoms with van der Waals surface area (Å²) >= 11 is 0. The highest BCUT2D eigenvalue weighted by atomic mass is 16.5. The van der Waals surface area contributed by atoms with Crippen molar-refractivity contribution < 1.29 is 9.53 Å². The number of aromatic nitrogens is 2. The molecule has 1 N–H and O–H groups in total. The highest BCUT2D eigenvalue weighted by Crippen LogP contribution is 2.06. The number of ether oxygens (including phenoxy) is 1. The summed E-state index contributed by atoms with van der Waals surface area (Å²) in [5.41, 5.74) is 0.993. The molecule has 0 atom stereocenters. The Morgan fingerprint density at radius 3 is 2.65 bits per heavy atom. The Kier molecular flexibility index (Phi) is 5.52. The van der Waals surface area contributed by atoms with Crippen LogP contribution in [0.5, 0.6) is 5.75 Å². The Labute approximate surface area is 118 Å². The number of nitrogens with zero attached hydrogens (tertiary/aromatic N) is 2. The zero-order valence-electron chi connectivity index (χ0n) is 11.2. The lowest BCUT2D eigenvalue weighted by atomic mass is 10.2. The Hall–Kier alpha value is -2.43. The molecule has 20 heavy (non-hydrogen) atoms. The first kappa shape index (κ1) is 14.0. The fraction of sp³-hybridized carbons (Fsp3) is 0.267. The number of amides is 1. The highest BCUT2D eigenvalue weighted by molar-refractivity contribution is 5.75. The van der Waals surface area contributed by atoms with Crippen molar-refractivity contribution >= 4 is 5.91 Å². The van der Waals surface area contributed by atoms with Crippen molar-refractivity contribution in [2.24, 2.45) is 0 Å². The SMILES string of the molecule is O=C(CCCOc1cccnc1)NCc1cccnc1. The molecular weight excluding hydrogens is 254 g/mol. The number of pyridine rings is 2. The fourth-order valence-corrected chi connectivity index (χ4v) is 1.65. The second kappa shape index (κ2) is 7.89. The lowest BCUT2D eigenvalue weighted by Crippen LogP contribution is -2.23. The van der Waals surface area contributed by atoms with Gasteiger partial charge in [0.25, 0.3) is 0 Å². The van der Waals surface area contributed by atoms with Gasteiger partial charge in [0.15, 0.2) is 0 Å². The van der Waals surface area contributed by atoms with Gasteiger partial charge in [-0.2, -0.15) is 0 Å². The molecule has 0 spiro atoms. The van der Waals surface area contributed by atoms with Crippen LogP contribution in [0.2, 0.25) is 0 Å². The van der Waals surface area contributed by atoms with Crippen LogP contribution in [-0.4, -0.2) is 22.5 Å². The third-order valence-electron chi connectivity index (χ3n) is 2.66. The van der Waals surface area contributed by atoms with E-state index in [1.807, 2.05) is 24.3 Å². The van der Waals surface area contributed by atoms with E-state index in [9.17, 15) is 4.79 Å².